The van der Waals surface area contributed by atoms with Gasteiger partial charge in [-0.05, 0) is 24.5 Å². The van der Waals surface area contributed by atoms with E-state index >= 15 is 0 Å². The van der Waals surface area contributed by atoms with Crippen LogP contribution >= 0.6 is 0 Å². The smallest absolute Gasteiger partial charge is 0.310 e. The van der Waals surface area contributed by atoms with E-state index in [0.29, 0.717) is 12.2 Å². The Bertz CT molecular complexity index is 649. The number of rotatable bonds is 9. The molecule has 2 amide bonds. The van der Waals surface area contributed by atoms with Gasteiger partial charge in [0.2, 0.25) is 18.1 Å². The van der Waals surface area contributed by atoms with Crippen molar-refractivity contribution in [3.05, 3.63) is 30.3 Å². The quantitative estimate of drug-likeness (QED) is 0.546. The monoisotopic (exact) mass is 378 g/mol. The zero-order valence-electron chi connectivity index (χ0n) is 15.5. The summed E-state index contributed by atoms with van der Waals surface area (Å²) in [4.78, 5) is 35.9. The van der Waals surface area contributed by atoms with E-state index in [0.717, 1.165) is 0 Å². The first-order chi connectivity index (χ1) is 12.8. The van der Waals surface area contributed by atoms with Gasteiger partial charge in [0, 0.05) is 0 Å². The maximum atomic E-state index is 12.5. The molecule has 0 aromatic heterocycles. The number of carbonyl (C=O) groups excluding carboxylic acids is 3. The first kappa shape index (κ1) is 20.7. The number of carbonyl (C=O) groups is 3. The second-order valence-electron chi connectivity index (χ2n) is 6.86. The Morgan fingerprint density at radius 2 is 2.00 bits per heavy atom. The highest BCUT2D eigenvalue weighted by molar-refractivity contribution is 5.88. The summed E-state index contributed by atoms with van der Waals surface area (Å²) in [6, 6.07) is 7.56. The normalized spacial score (nSPS) is 20.1. The molecule has 1 aliphatic rings. The van der Waals surface area contributed by atoms with Crippen LogP contribution in [0.5, 0.6) is 5.75 Å². The van der Waals surface area contributed by atoms with Gasteiger partial charge in [0.1, 0.15) is 17.8 Å². The van der Waals surface area contributed by atoms with Crippen LogP contribution in [0.3, 0.4) is 0 Å². The highest BCUT2D eigenvalue weighted by Gasteiger charge is 2.36. The predicted molar refractivity (Wildman–Crippen MR) is 96.6 cm³/mol. The molecule has 3 atom stereocenters. The van der Waals surface area contributed by atoms with Gasteiger partial charge in [-0.15, -0.1) is 0 Å². The molecule has 1 saturated heterocycles. The average Bonchev–Trinajstić information content (AvgIpc) is 2.92. The summed E-state index contributed by atoms with van der Waals surface area (Å²) in [7, 11) is 0. The maximum Gasteiger partial charge on any atom is 0.310 e. The van der Waals surface area contributed by atoms with E-state index in [4.69, 9.17) is 4.74 Å². The van der Waals surface area contributed by atoms with Crippen molar-refractivity contribution in [2.24, 2.45) is 5.92 Å². The predicted octanol–water partition coefficient (Wildman–Crippen LogP) is 0.736. The minimum Gasteiger partial charge on any atom is -0.493 e. The fourth-order valence-corrected chi connectivity index (χ4v) is 2.70. The summed E-state index contributed by atoms with van der Waals surface area (Å²) < 4.78 is 10.1. The molecule has 0 aliphatic carbocycles. The number of nitrogens with one attached hydrogen (secondary N) is 2. The van der Waals surface area contributed by atoms with Gasteiger partial charge in [-0.3, -0.25) is 14.4 Å². The summed E-state index contributed by atoms with van der Waals surface area (Å²) in [5.74, 6) is -0.514. The van der Waals surface area contributed by atoms with Crippen molar-refractivity contribution in [1.29, 1.82) is 0 Å². The van der Waals surface area contributed by atoms with Gasteiger partial charge in [-0.1, -0.05) is 32.0 Å². The molecule has 8 nitrogen and oxygen atoms in total. The Hall–Kier alpha value is -2.61. The molecule has 148 valence electrons. The largest absolute Gasteiger partial charge is 0.493 e. The molecule has 1 heterocycles. The van der Waals surface area contributed by atoms with Crippen LogP contribution in [0.25, 0.3) is 0 Å². The van der Waals surface area contributed by atoms with Gasteiger partial charge in [0.15, 0.2) is 0 Å². The van der Waals surface area contributed by atoms with Crippen molar-refractivity contribution in [1.82, 2.24) is 10.6 Å². The molecule has 1 fully saturated rings. The number of cyclic esters (lactones) is 1. The summed E-state index contributed by atoms with van der Waals surface area (Å²) in [6.45, 7) is 4.06. The fraction of sp³-hybridized carbons (Fsp3) is 0.526. The summed E-state index contributed by atoms with van der Waals surface area (Å²) in [5, 5.41) is 14.9. The van der Waals surface area contributed by atoms with Crippen molar-refractivity contribution in [3.8, 4) is 5.75 Å². The van der Waals surface area contributed by atoms with Crippen molar-refractivity contribution in [3.63, 3.8) is 0 Å². The third-order valence-electron chi connectivity index (χ3n) is 4.01. The molecule has 1 aromatic carbocycles. The molecule has 0 bridgehead atoms. The average molecular weight is 378 g/mol. The second kappa shape index (κ2) is 9.91. The van der Waals surface area contributed by atoms with E-state index in [9.17, 15) is 19.5 Å². The first-order valence-electron chi connectivity index (χ1n) is 9.00. The SMILES string of the molecule is CC(C)C[C@H](NC(=O)CCOc1ccccc1)C(=O)N[C@H]1CC(=O)OC1O. The molecule has 0 spiro atoms. The Morgan fingerprint density at radius 3 is 2.59 bits per heavy atom. The number of aliphatic hydroxyl groups excluding tert-OH is 1. The lowest BCUT2D eigenvalue weighted by atomic mass is 10.0. The Balaban J connectivity index is 1.84. The van der Waals surface area contributed by atoms with Crippen LogP contribution in [0, 0.1) is 5.92 Å². The Kier molecular flexibility index (Phi) is 7.60. The lowest BCUT2D eigenvalue weighted by Crippen LogP contribution is -2.52. The van der Waals surface area contributed by atoms with Gasteiger partial charge in [-0.25, -0.2) is 0 Å². The topological polar surface area (TPSA) is 114 Å². The molecule has 1 unspecified atom stereocenters. The molecular weight excluding hydrogens is 352 g/mol. The van der Waals surface area contributed by atoms with E-state index in [1.165, 1.54) is 0 Å². The minimum absolute atomic E-state index is 0.0971. The van der Waals surface area contributed by atoms with Crippen LogP contribution in [0.4, 0.5) is 0 Å². The zero-order chi connectivity index (χ0) is 19.8. The lowest BCUT2D eigenvalue weighted by molar-refractivity contribution is -0.155. The molecular formula is C19H26N2O6. The second-order valence-corrected chi connectivity index (χ2v) is 6.86. The van der Waals surface area contributed by atoms with Crippen molar-refractivity contribution >= 4 is 17.8 Å². The zero-order valence-corrected chi connectivity index (χ0v) is 15.5. The number of amides is 2. The lowest BCUT2D eigenvalue weighted by Gasteiger charge is -2.22. The summed E-state index contributed by atoms with van der Waals surface area (Å²) in [5.41, 5.74) is 0. The van der Waals surface area contributed by atoms with Crippen LogP contribution in [-0.2, 0) is 19.1 Å². The third kappa shape index (κ3) is 6.90. The Morgan fingerprint density at radius 1 is 1.30 bits per heavy atom. The number of ether oxygens (including phenoxy) is 2. The van der Waals surface area contributed by atoms with Gasteiger partial charge in [0.05, 0.1) is 19.4 Å². The van der Waals surface area contributed by atoms with E-state index in [1.54, 1.807) is 12.1 Å². The first-order valence-corrected chi connectivity index (χ1v) is 9.00. The van der Waals surface area contributed by atoms with E-state index in [2.05, 4.69) is 15.4 Å². The van der Waals surface area contributed by atoms with Crippen molar-refractivity contribution < 1.29 is 29.0 Å². The maximum absolute atomic E-state index is 12.5. The fourth-order valence-electron chi connectivity index (χ4n) is 2.70. The molecule has 27 heavy (non-hydrogen) atoms. The number of hydrogen-bond donors (Lipinski definition) is 3. The van der Waals surface area contributed by atoms with Gasteiger partial charge < -0.3 is 25.2 Å². The summed E-state index contributed by atoms with van der Waals surface area (Å²) in [6.07, 6.45) is -0.935. The molecule has 1 aromatic rings. The van der Waals surface area contributed by atoms with Crippen LogP contribution in [0.1, 0.15) is 33.1 Å². The van der Waals surface area contributed by atoms with Crippen LogP contribution in [-0.4, -0.2) is 47.9 Å². The summed E-state index contributed by atoms with van der Waals surface area (Å²) >= 11 is 0. The van der Waals surface area contributed by atoms with Crippen LogP contribution in [0.15, 0.2) is 30.3 Å². The van der Waals surface area contributed by atoms with Gasteiger partial charge >= 0.3 is 5.97 Å². The van der Waals surface area contributed by atoms with Crippen LogP contribution in [0.2, 0.25) is 0 Å². The highest BCUT2D eigenvalue weighted by Crippen LogP contribution is 2.14. The highest BCUT2D eigenvalue weighted by atomic mass is 16.6. The Labute approximate surface area is 158 Å². The van der Waals surface area contributed by atoms with E-state index < -0.39 is 30.3 Å². The van der Waals surface area contributed by atoms with E-state index in [1.807, 2.05) is 32.0 Å². The van der Waals surface area contributed by atoms with Crippen molar-refractivity contribution in [2.45, 2.75) is 51.5 Å². The van der Waals surface area contributed by atoms with Crippen LogP contribution < -0.4 is 15.4 Å². The third-order valence-corrected chi connectivity index (χ3v) is 4.01. The number of hydrogen-bond acceptors (Lipinski definition) is 6. The van der Waals surface area contributed by atoms with Gasteiger partial charge in [-0.2, -0.15) is 0 Å². The van der Waals surface area contributed by atoms with Crippen molar-refractivity contribution in [2.75, 3.05) is 6.61 Å². The number of para-hydroxylation sites is 1. The number of esters is 1. The standard InChI is InChI=1S/C19H26N2O6/c1-12(2)10-14(18(24)21-15-11-17(23)27-19(15)25)20-16(22)8-9-26-13-6-4-3-5-7-13/h3-7,12,14-15,19,25H,8-11H2,1-2H3,(H,20,22)(H,21,24)/t14-,15-,19?/m0/s1. The molecule has 8 heteroatoms. The number of benzene rings is 1. The molecule has 1 aliphatic heterocycles. The number of aliphatic hydroxyl groups is 1. The molecule has 2 rings (SSSR count). The minimum atomic E-state index is -1.36. The molecule has 0 saturated carbocycles. The molecule has 3 N–H and O–H groups in total. The molecule has 0 radical (unpaired) electrons. The van der Waals surface area contributed by atoms with E-state index in [-0.39, 0.29) is 31.3 Å². The van der Waals surface area contributed by atoms with Gasteiger partial charge in [0.25, 0.3) is 0 Å².